The molecule has 0 radical (unpaired) electrons. The highest BCUT2D eigenvalue weighted by molar-refractivity contribution is 7.13. The maximum atomic E-state index is 12.0. The molecule has 1 saturated heterocycles. The van der Waals surface area contributed by atoms with Crippen LogP contribution in [0.5, 0.6) is 0 Å². The van der Waals surface area contributed by atoms with Crippen LogP contribution in [-0.2, 0) is 9.53 Å². The van der Waals surface area contributed by atoms with Crippen molar-refractivity contribution in [1.29, 1.82) is 0 Å². The van der Waals surface area contributed by atoms with Gasteiger partial charge in [0.05, 0.1) is 0 Å². The van der Waals surface area contributed by atoms with Crippen LogP contribution >= 0.6 is 11.3 Å². The third kappa shape index (κ3) is 4.56. The molecule has 1 aliphatic heterocycles. The summed E-state index contributed by atoms with van der Waals surface area (Å²) in [5, 5.41) is 5.24. The molecule has 0 aliphatic carbocycles. The van der Waals surface area contributed by atoms with Crippen molar-refractivity contribution < 1.29 is 14.3 Å². The molecule has 0 bridgehead atoms. The standard InChI is InChI=1S/C15H21N3O3S/c1-3-6-16-15-17-12(10-22-15)14(20)21-9-13(19)18-7-4-5-11(2)8-18/h3,10-11H,1,4-9H2,2H3,(H,16,17)/t11-/m0/s1. The van der Waals surface area contributed by atoms with Gasteiger partial charge < -0.3 is 15.0 Å². The Balaban J connectivity index is 1.80. The summed E-state index contributed by atoms with van der Waals surface area (Å²) in [6.45, 7) is 7.56. The van der Waals surface area contributed by atoms with Crippen molar-refractivity contribution >= 4 is 28.3 Å². The number of carbonyl (C=O) groups is 2. The number of aromatic nitrogens is 1. The van der Waals surface area contributed by atoms with Crippen LogP contribution in [0, 0.1) is 5.92 Å². The predicted molar refractivity (Wildman–Crippen MR) is 86.1 cm³/mol. The summed E-state index contributed by atoms with van der Waals surface area (Å²) >= 11 is 1.31. The van der Waals surface area contributed by atoms with Crippen molar-refractivity contribution in [2.45, 2.75) is 19.8 Å². The van der Waals surface area contributed by atoms with Crippen LogP contribution in [0.3, 0.4) is 0 Å². The Kier molecular flexibility index (Phi) is 5.94. The molecule has 1 N–H and O–H groups in total. The van der Waals surface area contributed by atoms with Crippen molar-refractivity contribution in [2.75, 3.05) is 31.6 Å². The lowest BCUT2D eigenvalue weighted by Gasteiger charge is -2.30. The number of thiazole rings is 1. The Hall–Kier alpha value is -1.89. The molecular formula is C15H21N3O3S. The highest BCUT2D eigenvalue weighted by Gasteiger charge is 2.22. The topological polar surface area (TPSA) is 71.5 Å². The molecule has 1 aliphatic rings. The second-order valence-corrected chi connectivity index (χ2v) is 6.23. The van der Waals surface area contributed by atoms with Gasteiger partial charge in [0, 0.05) is 25.0 Å². The van der Waals surface area contributed by atoms with Gasteiger partial charge in [0.25, 0.3) is 5.91 Å². The lowest BCUT2D eigenvalue weighted by atomic mass is 10.0. The largest absolute Gasteiger partial charge is 0.451 e. The number of piperidine rings is 1. The zero-order valence-corrected chi connectivity index (χ0v) is 13.5. The number of nitrogens with one attached hydrogen (secondary N) is 1. The summed E-state index contributed by atoms with van der Waals surface area (Å²) in [7, 11) is 0. The van der Waals surface area contributed by atoms with E-state index in [1.165, 1.54) is 11.3 Å². The zero-order valence-electron chi connectivity index (χ0n) is 12.7. The number of carbonyl (C=O) groups excluding carboxylic acids is 2. The van der Waals surface area contributed by atoms with E-state index in [9.17, 15) is 9.59 Å². The number of nitrogens with zero attached hydrogens (tertiary/aromatic N) is 2. The van der Waals surface area contributed by atoms with Crippen molar-refractivity contribution in [1.82, 2.24) is 9.88 Å². The van der Waals surface area contributed by atoms with Gasteiger partial charge in [-0.15, -0.1) is 17.9 Å². The molecule has 22 heavy (non-hydrogen) atoms. The van der Waals surface area contributed by atoms with Crippen LogP contribution in [0.25, 0.3) is 0 Å². The van der Waals surface area contributed by atoms with E-state index in [1.54, 1.807) is 16.4 Å². The fourth-order valence-electron chi connectivity index (χ4n) is 2.32. The van der Waals surface area contributed by atoms with Crippen LogP contribution in [0.1, 0.15) is 30.3 Å². The average molecular weight is 323 g/mol. The predicted octanol–water partition coefficient (Wildman–Crippen LogP) is 2.16. The molecule has 0 aromatic carbocycles. The molecule has 1 aromatic heterocycles. The zero-order chi connectivity index (χ0) is 15.9. The third-order valence-corrected chi connectivity index (χ3v) is 4.25. The van der Waals surface area contributed by atoms with E-state index < -0.39 is 5.97 Å². The van der Waals surface area contributed by atoms with Crippen LogP contribution in [0.2, 0.25) is 0 Å². The summed E-state index contributed by atoms with van der Waals surface area (Å²) in [5.41, 5.74) is 0.219. The summed E-state index contributed by atoms with van der Waals surface area (Å²) in [4.78, 5) is 29.8. The summed E-state index contributed by atoms with van der Waals surface area (Å²) < 4.78 is 5.06. The lowest BCUT2D eigenvalue weighted by molar-refractivity contribution is -0.136. The Bertz CT molecular complexity index is 544. The highest BCUT2D eigenvalue weighted by Crippen LogP contribution is 2.17. The minimum Gasteiger partial charge on any atom is -0.451 e. The van der Waals surface area contributed by atoms with Crippen LogP contribution in [0.15, 0.2) is 18.0 Å². The van der Waals surface area contributed by atoms with E-state index in [-0.39, 0.29) is 18.2 Å². The molecule has 1 aromatic rings. The first-order valence-corrected chi connectivity index (χ1v) is 8.23. The van der Waals surface area contributed by atoms with E-state index in [0.29, 0.717) is 17.6 Å². The average Bonchev–Trinajstić information content (AvgIpc) is 2.99. The fourth-order valence-corrected chi connectivity index (χ4v) is 3.01. The molecule has 2 heterocycles. The highest BCUT2D eigenvalue weighted by atomic mass is 32.1. The molecule has 1 atom stereocenters. The molecule has 6 nitrogen and oxygen atoms in total. The number of anilines is 1. The van der Waals surface area contributed by atoms with Gasteiger partial charge in [0.1, 0.15) is 0 Å². The van der Waals surface area contributed by atoms with E-state index >= 15 is 0 Å². The number of rotatable bonds is 6. The van der Waals surface area contributed by atoms with Gasteiger partial charge in [-0.3, -0.25) is 4.79 Å². The Morgan fingerprint density at radius 3 is 3.18 bits per heavy atom. The minimum atomic E-state index is -0.568. The number of amides is 1. The Morgan fingerprint density at radius 1 is 1.64 bits per heavy atom. The number of esters is 1. The van der Waals surface area contributed by atoms with Gasteiger partial charge in [-0.05, 0) is 18.8 Å². The number of ether oxygens (including phenoxy) is 1. The van der Waals surface area contributed by atoms with Gasteiger partial charge in [-0.1, -0.05) is 13.0 Å². The minimum absolute atomic E-state index is 0.139. The maximum Gasteiger partial charge on any atom is 0.358 e. The first-order valence-electron chi connectivity index (χ1n) is 7.35. The van der Waals surface area contributed by atoms with Gasteiger partial charge in [0.2, 0.25) is 0 Å². The number of hydrogen-bond donors (Lipinski definition) is 1. The number of likely N-dealkylation sites (tertiary alicyclic amines) is 1. The summed E-state index contributed by atoms with van der Waals surface area (Å²) in [5.74, 6) is -0.202. The van der Waals surface area contributed by atoms with E-state index in [4.69, 9.17) is 4.74 Å². The van der Waals surface area contributed by atoms with Crippen LogP contribution in [-0.4, -0.2) is 48.0 Å². The normalized spacial score (nSPS) is 17.9. The van der Waals surface area contributed by atoms with E-state index in [2.05, 4.69) is 23.8 Å². The van der Waals surface area contributed by atoms with Crippen molar-refractivity contribution in [3.8, 4) is 0 Å². The van der Waals surface area contributed by atoms with Crippen molar-refractivity contribution in [3.05, 3.63) is 23.7 Å². The first-order chi connectivity index (χ1) is 10.6. The summed E-state index contributed by atoms with van der Waals surface area (Å²) in [6.07, 6.45) is 3.85. The van der Waals surface area contributed by atoms with Crippen LogP contribution in [0.4, 0.5) is 5.13 Å². The van der Waals surface area contributed by atoms with Gasteiger partial charge in [-0.2, -0.15) is 0 Å². The first kappa shape index (κ1) is 16.5. The molecule has 120 valence electrons. The van der Waals surface area contributed by atoms with E-state index in [1.807, 2.05) is 0 Å². The molecule has 0 saturated carbocycles. The third-order valence-electron chi connectivity index (χ3n) is 3.45. The smallest absolute Gasteiger partial charge is 0.358 e. The molecule has 2 rings (SSSR count). The molecular weight excluding hydrogens is 302 g/mol. The molecule has 0 unspecified atom stereocenters. The SMILES string of the molecule is C=CCNc1nc(C(=O)OCC(=O)N2CCC[C@H](C)C2)cs1. The monoisotopic (exact) mass is 323 g/mol. The second kappa shape index (κ2) is 7.93. The molecule has 1 fully saturated rings. The Labute approximate surface area is 134 Å². The Morgan fingerprint density at radius 2 is 2.45 bits per heavy atom. The molecule has 7 heteroatoms. The van der Waals surface area contributed by atoms with Crippen molar-refractivity contribution in [2.24, 2.45) is 5.92 Å². The molecule has 0 spiro atoms. The van der Waals surface area contributed by atoms with Crippen molar-refractivity contribution in [3.63, 3.8) is 0 Å². The summed E-state index contributed by atoms with van der Waals surface area (Å²) in [6, 6.07) is 0. The van der Waals surface area contributed by atoms with Gasteiger partial charge >= 0.3 is 5.97 Å². The van der Waals surface area contributed by atoms with Crippen LogP contribution < -0.4 is 5.32 Å². The van der Waals surface area contributed by atoms with Gasteiger partial charge in [0.15, 0.2) is 17.4 Å². The quantitative estimate of drug-likeness (QED) is 0.641. The lowest BCUT2D eigenvalue weighted by Crippen LogP contribution is -2.41. The van der Waals surface area contributed by atoms with E-state index in [0.717, 1.165) is 25.9 Å². The second-order valence-electron chi connectivity index (χ2n) is 5.37. The van der Waals surface area contributed by atoms with Gasteiger partial charge in [-0.25, -0.2) is 9.78 Å². The molecule has 1 amide bonds. The number of hydrogen-bond acceptors (Lipinski definition) is 6. The fraction of sp³-hybridized carbons (Fsp3) is 0.533. The maximum absolute atomic E-state index is 12.0.